The molecule has 1 atom stereocenters. The first-order valence-corrected chi connectivity index (χ1v) is 8.10. The van der Waals surface area contributed by atoms with Crippen molar-refractivity contribution in [1.29, 1.82) is 0 Å². The molecule has 1 aromatic heterocycles. The van der Waals surface area contributed by atoms with Gasteiger partial charge in [-0.15, -0.1) is 11.3 Å². The average Bonchev–Trinajstić information content (AvgIpc) is 2.71. The molecule has 1 N–H and O–H groups in total. The quantitative estimate of drug-likeness (QED) is 0.890. The van der Waals surface area contributed by atoms with Gasteiger partial charge in [0.25, 0.3) is 5.91 Å². The van der Waals surface area contributed by atoms with E-state index < -0.39 is 0 Å². The van der Waals surface area contributed by atoms with Crippen LogP contribution in [-0.2, 0) is 0 Å². The van der Waals surface area contributed by atoms with Crippen LogP contribution in [0.2, 0.25) is 5.02 Å². The van der Waals surface area contributed by atoms with Crippen molar-refractivity contribution < 1.29 is 4.79 Å². The molecular weight excluding hydrogens is 336 g/mol. The van der Waals surface area contributed by atoms with E-state index in [1.807, 2.05) is 0 Å². The molecule has 4 rings (SSSR count). The lowest BCUT2D eigenvalue weighted by Crippen LogP contribution is -2.57. The zero-order valence-corrected chi connectivity index (χ0v) is 12.9. The number of piperidine rings is 3. The van der Waals surface area contributed by atoms with Gasteiger partial charge in [0.05, 0.1) is 13.7 Å². The fourth-order valence-corrected chi connectivity index (χ4v) is 4.43. The van der Waals surface area contributed by atoms with Crippen LogP contribution in [-0.4, -0.2) is 36.5 Å². The van der Waals surface area contributed by atoms with Gasteiger partial charge in [-0.25, -0.2) is 0 Å². The third-order valence-corrected chi connectivity index (χ3v) is 6.32. The number of thiophene rings is 1. The van der Waals surface area contributed by atoms with E-state index in [1.165, 1.54) is 37.3 Å². The molecule has 3 aliphatic heterocycles. The van der Waals surface area contributed by atoms with Gasteiger partial charge in [-0.05, 0) is 53.8 Å². The van der Waals surface area contributed by atoms with Crippen molar-refractivity contribution in [2.45, 2.75) is 18.9 Å². The number of hydrogen-bond donors (Lipinski definition) is 1. The minimum atomic E-state index is 0.00588. The average molecular weight is 350 g/mol. The fourth-order valence-electron chi connectivity index (χ4n) is 2.83. The van der Waals surface area contributed by atoms with E-state index in [4.69, 9.17) is 11.6 Å². The Morgan fingerprint density at radius 3 is 2.72 bits per heavy atom. The van der Waals surface area contributed by atoms with Crippen molar-refractivity contribution in [1.82, 2.24) is 10.2 Å². The maximum Gasteiger partial charge on any atom is 0.261 e. The van der Waals surface area contributed by atoms with Gasteiger partial charge in [-0.3, -0.25) is 4.79 Å². The molecule has 3 saturated heterocycles. The van der Waals surface area contributed by atoms with Crippen LogP contribution in [0.15, 0.2) is 9.85 Å². The Morgan fingerprint density at radius 1 is 1.50 bits per heavy atom. The van der Waals surface area contributed by atoms with E-state index in [0.29, 0.717) is 21.9 Å². The summed E-state index contributed by atoms with van der Waals surface area (Å²) in [6, 6.07) is 2.03. The second kappa shape index (κ2) is 5.12. The number of amides is 1. The lowest BCUT2D eigenvalue weighted by atomic mass is 9.84. The molecule has 0 radical (unpaired) electrons. The highest BCUT2D eigenvalue weighted by Gasteiger charge is 2.35. The van der Waals surface area contributed by atoms with Crippen molar-refractivity contribution in [3.05, 3.63) is 19.8 Å². The summed E-state index contributed by atoms with van der Waals surface area (Å²) in [5.41, 5.74) is 0. The molecule has 18 heavy (non-hydrogen) atoms. The van der Waals surface area contributed by atoms with Crippen LogP contribution in [0, 0.1) is 5.92 Å². The van der Waals surface area contributed by atoms with Crippen LogP contribution in [0.3, 0.4) is 0 Å². The van der Waals surface area contributed by atoms with Crippen LogP contribution in [0.4, 0.5) is 0 Å². The molecule has 0 aromatic carbocycles. The van der Waals surface area contributed by atoms with Crippen LogP contribution >= 0.6 is 38.9 Å². The number of rotatable bonds is 2. The van der Waals surface area contributed by atoms with Gasteiger partial charge in [-0.1, -0.05) is 11.6 Å². The van der Waals surface area contributed by atoms with E-state index in [2.05, 4.69) is 26.1 Å². The first kappa shape index (κ1) is 12.9. The van der Waals surface area contributed by atoms with Crippen molar-refractivity contribution in [2.75, 3.05) is 19.6 Å². The Bertz CT molecular complexity index is 451. The monoisotopic (exact) mass is 348 g/mol. The fraction of sp³-hybridized carbons (Fsp3) is 0.583. The SMILES string of the molecule is O=C(N[C@H]1CN2CCC1CC2)c1cc(Cl)c(Br)s1. The van der Waals surface area contributed by atoms with Crippen molar-refractivity contribution in [3.63, 3.8) is 0 Å². The molecule has 1 aromatic rings. The Balaban J connectivity index is 1.67. The van der Waals surface area contributed by atoms with Crippen LogP contribution < -0.4 is 5.32 Å². The Labute approximate surface area is 124 Å². The molecule has 3 aliphatic rings. The van der Waals surface area contributed by atoms with E-state index in [0.717, 1.165) is 10.3 Å². The zero-order chi connectivity index (χ0) is 12.7. The molecule has 0 unspecified atom stereocenters. The molecule has 3 fully saturated rings. The van der Waals surface area contributed by atoms with E-state index in [1.54, 1.807) is 6.07 Å². The number of nitrogens with zero attached hydrogens (tertiary/aromatic N) is 1. The molecule has 4 heterocycles. The molecule has 0 aliphatic carbocycles. The lowest BCUT2D eigenvalue weighted by Gasteiger charge is -2.44. The Kier molecular flexibility index (Phi) is 3.67. The zero-order valence-electron chi connectivity index (χ0n) is 9.79. The number of nitrogens with one attached hydrogen (secondary N) is 1. The summed E-state index contributed by atoms with van der Waals surface area (Å²) in [5, 5.41) is 3.77. The molecule has 2 bridgehead atoms. The summed E-state index contributed by atoms with van der Waals surface area (Å²) >= 11 is 10.7. The van der Waals surface area contributed by atoms with Gasteiger partial charge < -0.3 is 10.2 Å². The van der Waals surface area contributed by atoms with Gasteiger partial charge in [0.1, 0.15) is 0 Å². The highest BCUT2D eigenvalue weighted by molar-refractivity contribution is 9.11. The summed E-state index contributed by atoms with van der Waals surface area (Å²) < 4.78 is 0.822. The number of halogens is 2. The van der Waals surface area contributed by atoms with E-state index >= 15 is 0 Å². The summed E-state index contributed by atoms with van der Waals surface area (Å²) in [6.45, 7) is 3.37. The number of hydrogen-bond acceptors (Lipinski definition) is 3. The first-order chi connectivity index (χ1) is 8.63. The highest BCUT2D eigenvalue weighted by atomic mass is 79.9. The second-order valence-corrected chi connectivity index (χ2v) is 7.73. The van der Waals surface area contributed by atoms with Crippen molar-refractivity contribution in [2.24, 2.45) is 5.92 Å². The van der Waals surface area contributed by atoms with Gasteiger partial charge >= 0.3 is 0 Å². The van der Waals surface area contributed by atoms with Crippen LogP contribution in [0.5, 0.6) is 0 Å². The van der Waals surface area contributed by atoms with E-state index in [9.17, 15) is 4.79 Å². The predicted octanol–water partition coefficient (Wildman–Crippen LogP) is 2.99. The van der Waals surface area contributed by atoms with Crippen molar-refractivity contribution in [3.8, 4) is 0 Å². The van der Waals surface area contributed by atoms with Crippen molar-refractivity contribution >= 4 is 44.8 Å². The molecule has 3 nitrogen and oxygen atoms in total. The van der Waals surface area contributed by atoms with Gasteiger partial charge in [0.15, 0.2) is 0 Å². The first-order valence-electron chi connectivity index (χ1n) is 6.11. The number of fused-ring (bicyclic) bond motifs is 3. The number of carbonyl (C=O) groups is 1. The minimum Gasteiger partial charge on any atom is -0.347 e. The van der Waals surface area contributed by atoms with Gasteiger partial charge in [0.2, 0.25) is 0 Å². The second-order valence-electron chi connectivity index (χ2n) is 4.95. The maximum absolute atomic E-state index is 12.2. The lowest BCUT2D eigenvalue weighted by molar-refractivity contribution is 0.0622. The Hall–Kier alpha value is -0.100. The highest BCUT2D eigenvalue weighted by Crippen LogP contribution is 2.33. The molecule has 98 valence electrons. The summed E-state index contributed by atoms with van der Waals surface area (Å²) in [5.74, 6) is 0.657. The predicted molar refractivity (Wildman–Crippen MR) is 77.4 cm³/mol. The molecule has 0 spiro atoms. The molecule has 6 heteroatoms. The molecule has 0 saturated carbocycles. The topological polar surface area (TPSA) is 32.3 Å². The largest absolute Gasteiger partial charge is 0.347 e. The molecular formula is C12H14BrClN2OS. The van der Waals surface area contributed by atoms with E-state index in [-0.39, 0.29) is 5.91 Å². The van der Waals surface area contributed by atoms with Gasteiger partial charge in [0, 0.05) is 12.6 Å². The molecule has 1 amide bonds. The standard InChI is InChI=1S/C12H14BrClN2OS/c13-11-8(14)5-10(18-11)12(17)15-9-6-16-3-1-7(9)2-4-16/h5,7,9H,1-4,6H2,(H,15,17)/t9-/m0/s1. The van der Waals surface area contributed by atoms with Crippen LogP contribution in [0.1, 0.15) is 22.5 Å². The number of carbonyl (C=O) groups excluding carboxylic acids is 1. The Morgan fingerprint density at radius 2 is 2.22 bits per heavy atom. The summed E-state index contributed by atoms with van der Waals surface area (Å²) in [4.78, 5) is 15.3. The normalized spacial score (nSPS) is 30.4. The maximum atomic E-state index is 12.2. The van der Waals surface area contributed by atoms with Crippen LogP contribution in [0.25, 0.3) is 0 Å². The third-order valence-electron chi connectivity index (χ3n) is 3.84. The minimum absolute atomic E-state index is 0.00588. The smallest absolute Gasteiger partial charge is 0.261 e. The summed E-state index contributed by atoms with van der Waals surface area (Å²) in [6.07, 6.45) is 2.42. The third kappa shape index (κ3) is 2.46. The summed E-state index contributed by atoms with van der Waals surface area (Å²) in [7, 11) is 0. The van der Waals surface area contributed by atoms with Gasteiger partial charge in [-0.2, -0.15) is 0 Å².